The van der Waals surface area contributed by atoms with Crippen molar-refractivity contribution < 1.29 is 13.9 Å². The Morgan fingerprint density at radius 3 is 2.13 bits per heavy atom. The first-order valence-corrected chi connectivity index (χ1v) is 4.88. The second-order valence-corrected chi connectivity index (χ2v) is 3.90. The fourth-order valence-corrected chi connectivity index (χ4v) is 1.73. The molecule has 1 N–H and O–H groups in total. The van der Waals surface area contributed by atoms with Crippen LogP contribution in [-0.4, -0.2) is 21.3 Å². The van der Waals surface area contributed by atoms with Crippen molar-refractivity contribution in [1.82, 2.24) is 9.78 Å². The molecule has 1 aromatic rings. The van der Waals surface area contributed by atoms with Crippen LogP contribution in [0.4, 0.5) is 8.78 Å². The van der Waals surface area contributed by atoms with E-state index in [1.807, 2.05) is 13.8 Å². The second kappa shape index (κ2) is 4.26. The van der Waals surface area contributed by atoms with Crippen molar-refractivity contribution in [3.63, 3.8) is 0 Å². The quantitative estimate of drug-likeness (QED) is 0.845. The zero-order valence-corrected chi connectivity index (χ0v) is 9.33. The number of aryl methyl sites for hydroxylation is 1. The largest absolute Gasteiger partial charge is 0.382 e. The third-order valence-electron chi connectivity index (χ3n) is 2.40. The number of aromatic nitrogens is 2. The molecule has 0 saturated heterocycles. The maximum absolute atomic E-state index is 12.4. The highest BCUT2D eigenvalue weighted by atomic mass is 19.3. The summed E-state index contributed by atoms with van der Waals surface area (Å²) in [7, 11) is 0. The summed E-state index contributed by atoms with van der Waals surface area (Å²) < 4.78 is 26.4. The predicted molar refractivity (Wildman–Crippen MR) is 53.0 cm³/mol. The molecular weight excluding hydrogens is 202 g/mol. The number of halogens is 2. The first-order valence-electron chi connectivity index (χ1n) is 4.88. The molecule has 15 heavy (non-hydrogen) atoms. The molecule has 0 spiro atoms. The Morgan fingerprint density at radius 2 is 1.80 bits per heavy atom. The van der Waals surface area contributed by atoms with Gasteiger partial charge in [-0.3, -0.25) is 4.68 Å². The summed E-state index contributed by atoms with van der Waals surface area (Å²) in [4.78, 5) is 0. The number of aliphatic hydroxyl groups is 1. The van der Waals surface area contributed by atoms with E-state index in [1.54, 1.807) is 18.5 Å². The number of hydrogen-bond donors (Lipinski definition) is 1. The fraction of sp³-hybridized carbons (Fsp3) is 0.700. The fourth-order valence-electron chi connectivity index (χ4n) is 1.73. The maximum atomic E-state index is 12.4. The summed E-state index contributed by atoms with van der Waals surface area (Å²) in [6, 6.07) is 0.0994. The van der Waals surface area contributed by atoms with Crippen LogP contribution in [0, 0.1) is 13.8 Å². The molecule has 5 heteroatoms. The van der Waals surface area contributed by atoms with Crippen LogP contribution in [0.2, 0.25) is 0 Å². The van der Waals surface area contributed by atoms with Crippen LogP contribution in [0.5, 0.6) is 0 Å². The van der Waals surface area contributed by atoms with Gasteiger partial charge in [0.25, 0.3) is 6.43 Å². The van der Waals surface area contributed by atoms with E-state index in [1.165, 1.54) is 0 Å². The van der Waals surface area contributed by atoms with Gasteiger partial charge in [-0.05, 0) is 27.7 Å². The monoisotopic (exact) mass is 218 g/mol. The zero-order chi connectivity index (χ0) is 11.7. The Balaban J connectivity index is 3.19. The summed E-state index contributed by atoms with van der Waals surface area (Å²) in [5, 5.41) is 13.5. The van der Waals surface area contributed by atoms with E-state index in [0.717, 1.165) is 0 Å². The average molecular weight is 218 g/mol. The molecule has 0 aliphatic rings. The van der Waals surface area contributed by atoms with Crippen LogP contribution < -0.4 is 0 Å². The molecule has 86 valence electrons. The van der Waals surface area contributed by atoms with Crippen molar-refractivity contribution >= 4 is 0 Å². The van der Waals surface area contributed by atoms with Gasteiger partial charge in [0.05, 0.1) is 5.69 Å². The lowest BCUT2D eigenvalue weighted by atomic mass is 10.1. The summed E-state index contributed by atoms with van der Waals surface area (Å²) in [5.41, 5.74) is 1.32. The summed E-state index contributed by atoms with van der Waals surface area (Å²) in [6.45, 7) is 7.16. The van der Waals surface area contributed by atoms with Gasteiger partial charge in [0.15, 0.2) is 0 Å². The van der Waals surface area contributed by atoms with Gasteiger partial charge in [0.1, 0.15) is 6.10 Å². The highest BCUT2D eigenvalue weighted by molar-refractivity contribution is 5.27. The Hall–Kier alpha value is -0.970. The molecule has 0 amide bonds. The predicted octanol–water partition coefficient (Wildman–Crippen LogP) is 2.38. The molecule has 0 fully saturated rings. The summed E-state index contributed by atoms with van der Waals surface area (Å²) >= 11 is 0. The smallest absolute Gasteiger partial charge is 0.268 e. The molecule has 1 aromatic heterocycles. The molecule has 0 aliphatic heterocycles. The van der Waals surface area contributed by atoms with E-state index in [0.29, 0.717) is 11.4 Å². The minimum atomic E-state index is -2.77. The Bertz CT molecular complexity index is 347. The van der Waals surface area contributed by atoms with E-state index in [-0.39, 0.29) is 11.6 Å². The summed E-state index contributed by atoms with van der Waals surface area (Å²) in [6.07, 6.45) is -4.51. The van der Waals surface area contributed by atoms with E-state index in [2.05, 4.69) is 5.10 Å². The average Bonchev–Trinajstić information content (AvgIpc) is 2.41. The van der Waals surface area contributed by atoms with Gasteiger partial charge < -0.3 is 5.11 Å². The lowest BCUT2D eigenvalue weighted by Crippen LogP contribution is -2.11. The molecule has 0 saturated carbocycles. The number of rotatable bonds is 3. The van der Waals surface area contributed by atoms with Crippen LogP contribution in [-0.2, 0) is 0 Å². The highest BCUT2D eigenvalue weighted by Crippen LogP contribution is 2.27. The van der Waals surface area contributed by atoms with E-state index < -0.39 is 12.5 Å². The molecule has 1 atom stereocenters. The first kappa shape index (κ1) is 12.1. The topological polar surface area (TPSA) is 38.0 Å². The second-order valence-electron chi connectivity index (χ2n) is 3.90. The van der Waals surface area contributed by atoms with Crippen LogP contribution in [0.25, 0.3) is 0 Å². The van der Waals surface area contributed by atoms with Gasteiger partial charge in [-0.1, -0.05) is 0 Å². The molecule has 1 rings (SSSR count). The minimum absolute atomic E-state index is 0.0994. The van der Waals surface area contributed by atoms with E-state index in [9.17, 15) is 13.9 Å². The third-order valence-corrected chi connectivity index (χ3v) is 2.40. The minimum Gasteiger partial charge on any atom is -0.382 e. The van der Waals surface area contributed by atoms with Crippen LogP contribution in [0.1, 0.15) is 42.9 Å². The summed E-state index contributed by atoms with van der Waals surface area (Å²) in [5.74, 6) is 0. The Labute approximate surface area is 87.7 Å². The van der Waals surface area contributed by atoms with Gasteiger partial charge in [-0.2, -0.15) is 5.10 Å². The van der Waals surface area contributed by atoms with Crippen molar-refractivity contribution in [2.75, 3.05) is 0 Å². The number of nitrogens with zero attached hydrogens (tertiary/aromatic N) is 2. The van der Waals surface area contributed by atoms with Crippen molar-refractivity contribution in [3.05, 3.63) is 17.0 Å². The van der Waals surface area contributed by atoms with Crippen molar-refractivity contribution in [1.29, 1.82) is 0 Å². The Kier molecular flexibility index (Phi) is 3.44. The van der Waals surface area contributed by atoms with Gasteiger partial charge in [0, 0.05) is 17.3 Å². The lowest BCUT2D eigenvalue weighted by molar-refractivity contribution is -0.00656. The SMILES string of the molecule is Cc1nn(C(C)C)c(C)c1C(O)C(F)F. The number of hydrogen-bond acceptors (Lipinski definition) is 2. The molecule has 0 radical (unpaired) electrons. The molecule has 0 aliphatic carbocycles. The highest BCUT2D eigenvalue weighted by Gasteiger charge is 2.26. The molecule has 1 heterocycles. The zero-order valence-electron chi connectivity index (χ0n) is 9.33. The van der Waals surface area contributed by atoms with Crippen molar-refractivity contribution in [2.24, 2.45) is 0 Å². The van der Waals surface area contributed by atoms with Crippen LogP contribution in [0.15, 0.2) is 0 Å². The molecule has 0 aromatic carbocycles. The van der Waals surface area contributed by atoms with Gasteiger partial charge >= 0.3 is 0 Å². The van der Waals surface area contributed by atoms with Gasteiger partial charge in [0.2, 0.25) is 0 Å². The van der Waals surface area contributed by atoms with Crippen LogP contribution >= 0.6 is 0 Å². The number of aliphatic hydroxyl groups excluding tert-OH is 1. The first-order chi connectivity index (χ1) is 6.86. The van der Waals surface area contributed by atoms with Gasteiger partial charge in [-0.25, -0.2) is 8.78 Å². The van der Waals surface area contributed by atoms with E-state index >= 15 is 0 Å². The van der Waals surface area contributed by atoms with Crippen LogP contribution in [0.3, 0.4) is 0 Å². The van der Waals surface area contributed by atoms with E-state index in [4.69, 9.17) is 0 Å². The maximum Gasteiger partial charge on any atom is 0.268 e. The normalized spacial score (nSPS) is 13.9. The number of alkyl halides is 2. The standard InChI is InChI=1S/C10H16F2N2O/c1-5(2)14-7(4)8(6(3)13-14)9(15)10(11)12/h5,9-10,15H,1-4H3. The Morgan fingerprint density at radius 1 is 1.27 bits per heavy atom. The lowest BCUT2D eigenvalue weighted by Gasteiger charge is -2.12. The van der Waals surface area contributed by atoms with Crippen molar-refractivity contribution in [3.8, 4) is 0 Å². The molecule has 3 nitrogen and oxygen atoms in total. The molecular formula is C10H16F2N2O. The van der Waals surface area contributed by atoms with Gasteiger partial charge in [-0.15, -0.1) is 0 Å². The molecule has 1 unspecified atom stereocenters. The van der Waals surface area contributed by atoms with Crippen molar-refractivity contribution in [2.45, 2.75) is 46.3 Å². The molecule has 0 bridgehead atoms. The third kappa shape index (κ3) is 2.17.